The van der Waals surface area contributed by atoms with Crippen LogP contribution in [0.4, 0.5) is 19.0 Å². The molecule has 0 unspecified atom stereocenters. The maximum Gasteiger partial charge on any atom is 0.416 e. The van der Waals surface area contributed by atoms with E-state index >= 15 is 0 Å². The van der Waals surface area contributed by atoms with Gasteiger partial charge in [0.15, 0.2) is 0 Å². The molecule has 1 N–H and O–H groups in total. The Hall–Kier alpha value is -1.01. The minimum absolute atomic E-state index is 0.145. The lowest BCUT2D eigenvalue weighted by Crippen LogP contribution is -2.09. The lowest BCUT2D eigenvalue weighted by Gasteiger charge is -2.10. The quantitative estimate of drug-likeness (QED) is 0.610. The fourth-order valence-electron chi connectivity index (χ4n) is 1.52. The monoisotopic (exact) mass is 296 g/mol. The van der Waals surface area contributed by atoms with Gasteiger partial charge in [0.25, 0.3) is 0 Å². The highest BCUT2D eigenvalue weighted by molar-refractivity contribution is 6.29. The number of aromatic nitrogens is 1. The summed E-state index contributed by atoms with van der Waals surface area (Å²) in [5, 5.41) is 2.67. The van der Waals surface area contributed by atoms with Gasteiger partial charge in [0.05, 0.1) is 5.56 Å². The Morgan fingerprint density at radius 1 is 1.26 bits per heavy atom. The van der Waals surface area contributed by atoms with Crippen LogP contribution in [0.5, 0.6) is 0 Å². The molecule has 1 aromatic rings. The Labute approximate surface area is 115 Å². The molecule has 19 heavy (non-hydrogen) atoms. The van der Waals surface area contributed by atoms with Crippen molar-refractivity contribution in [3.8, 4) is 0 Å². The van der Waals surface area contributed by atoms with Gasteiger partial charge in [0, 0.05) is 20.3 Å². The van der Waals surface area contributed by atoms with Crippen LogP contribution in [0, 0.1) is 0 Å². The van der Waals surface area contributed by atoms with E-state index in [1.807, 2.05) is 0 Å². The second-order valence-corrected chi connectivity index (χ2v) is 4.43. The van der Waals surface area contributed by atoms with Crippen LogP contribution in [0.25, 0.3) is 0 Å². The second kappa shape index (κ2) is 7.55. The van der Waals surface area contributed by atoms with E-state index in [-0.39, 0.29) is 11.0 Å². The van der Waals surface area contributed by atoms with E-state index in [1.54, 1.807) is 7.11 Å². The van der Waals surface area contributed by atoms with Crippen LogP contribution < -0.4 is 5.32 Å². The van der Waals surface area contributed by atoms with E-state index in [1.165, 1.54) is 0 Å². The fraction of sp³-hybridized carbons (Fsp3) is 0.583. The molecule has 0 radical (unpaired) electrons. The van der Waals surface area contributed by atoms with E-state index in [2.05, 4.69) is 10.3 Å². The number of ether oxygens (including phenoxy) is 1. The van der Waals surface area contributed by atoms with Crippen LogP contribution in [0.3, 0.4) is 0 Å². The second-order valence-electron chi connectivity index (χ2n) is 4.04. The molecule has 0 aromatic carbocycles. The van der Waals surface area contributed by atoms with Crippen molar-refractivity contribution in [3.05, 3.63) is 22.8 Å². The Balaban J connectivity index is 2.48. The van der Waals surface area contributed by atoms with E-state index in [0.29, 0.717) is 13.2 Å². The number of alkyl halides is 3. The summed E-state index contributed by atoms with van der Waals surface area (Å²) in [6.07, 6.45) is -1.72. The van der Waals surface area contributed by atoms with Gasteiger partial charge >= 0.3 is 6.18 Å². The van der Waals surface area contributed by atoms with Gasteiger partial charge in [-0.2, -0.15) is 13.2 Å². The average Bonchev–Trinajstić information content (AvgIpc) is 2.32. The summed E-state index contributed by atoms with van der Waals surface area (Å²) in [7, 11) is 1.63. The lowest BCUT2D eigenvalue weighted by molar-refractivity contribution is -0.137. The normalized spacial score (nSPS) is 11.6. The molecule has 3 nitrogen and oxygen atoms in total. The maximum absolute atomic E-state index is 12.5. The number of nitrogens with one attached hydrogen (secondary N) is 1. The van der Waals surface area contributed by atoms with Crippen LogP contribution in [0.1, 0.15) is 24.8 Å². The largest absolute Gasteiger partial charge is 0.416 e. The molecule has 0 aliphatic carbocycles. The smallest absolute Gasteiger partial charge is 0.385 e. The minimum Gasteiger partial charge on any atom is -0.385 e. The molecule has 0 aliphatic heterocycles. The highest BCUT2D eigenvalue weighted by Crippen LogP contribution is 2.31. The van der Waals surface area contributed by atoms with Gasteiger partial charge in [0.1, 0.15) is 11.0 Å². The molecule has 1 aromatic heterocycles. The summed E-state index contributed by atoms with van der Waals surface area (Å²) in [5.41, 5.74) is -0.797. The van der Waals surface area contributed by atoms with Gasteiger partial charge < -0.3 is 10.1 Å². The maximum atomic E-state index is 12.5. The molecule has 0 saturated carbocycles. The predicted octanol–water partition coefficient (Wildman–Crippen LogP) is 3.98. The molecule has 0 fully saturated rings. The molecule has 0 aliphatic rings. The van der Waals surface area contributed by atoms with Crippen LogP contribution in [-0.4, -0.2) is 25.2 Å². The molecule has 0 spiro atoms. The number of methoxy groups -OCH3 is 1. The molecular formula is C12H16ClF3N2O. The molecule has 7 heteroatoms. The number of hydrogen-bond donors (Lipinski definition) is 1. The summed E-state index contributed by atoms with van der Waals surface area (Å²) in [5.74, 6) is 0.145. The van der Waals surface area contributed by atoms with E-state index in [0.717, 1.165) is 31.4 Å². The molecule has 1 rings (SSSR count). The Bertz CT molecular complexity index is 399. The number of unbranched alkanes of at least 4 members (excludes halogenated alkanes) is 2. The van der Waals surface area contributed by atoms with Crippen LogP contribution in [0.2, 0.25) is 5.15 Å². The van der Waals surface area contributed by atoms with Crippen molar-refractivity contribution in [1.29, 1.82) is 0 Å². The zero-order valence-corrected chi connectivity index (χ0v) is 11.3. The molecule has 0 amide bonds. The van der Waals surface area contributed by atoms with Gasteiger partial charge in [-0.05, 0) is 31.4 Å². The van der Waals surface area contributed by atoms with Crippen LogP contribution >= 0.6 is 11.6 Å². The lowest BCUT2D eigenvalue weighted by atomic mass is 10.2. The number of nitrogens with zero attached hydrogens (tertiary/aromatic N) is 1. The van der Waals surface area contributed by atoms with Gasteiger partial charge in [-0.1, -0.05) is 11.6 Å². The summed E-state index contributed by atoms with van der Waals surface area (Å²) in [6, 6.07) is 1.77. The highest BCUT2D eigenvalue weighted by Gasteiger charge is 2.31. The summed E-state index contributed by atoms with van der Waals surface area (Å²) >= 11 is 5.57. The SMILES string of the molecule is COCCCCCNc1cc(C(F)(F)F)cc(Cl)n1. The first-order valence-corrected chi connectivity index (χ1v) is 6.29. The first kappa shape index (κ1) is 16.0. The molecule has 0 saturated heterocycles. The number of anilines is 1. The summed E-state index contributed by atoms with van der Waals surface area (Å²) in [6.45, 7) is 1.24. The van der Waals surface area contributed by atoms with Crippen molar-refractivity contribution >= 4 is 17.4 Å². The minimum atomic E-state index is -4.42. The number of rotatable bonds is 7. The number of halogens is 4. The Morgan fingerprint density at radius 3 is 2.63 bits per heavy atom. The number of hydrogen-bond acceptors (Lipinski definition) is 3. The van der Waals surface area contributed by atoms with Crippen molar-refractivity contribution in [3.63, 3.8) is 0 Å². The first-order chi connectivity index (χ1) is 8.93. The molecule has 108 valence electrons. The average molecular weight is 297 g/mol. The molecular weight excluding hydrogens is 281 g/mol. The zero-order valence-electron chi connectivity index (χ0n) is 10.6. The highest BCUT2D eigenvalue weighted by atomic mass is 35.5. The Kier molecular flexibility index (Phi) is 6.37. The fourth-order valence-corrected chi connectivity index (χ4v) is 1.72. The molecule has 1 heterocycles. The van der Waals surface area contributed by atoms with Crippen LogP contribution in [0.15, 0.2) is 12.1 Å². The molecule has 0 bridgehead atoms. The van der Waals surface area contributed by atoms with E-state index < -0.39 is 11.7 Å². The van der Waals surface area contributed by atoms with Crippen molar-refractivity contribution in [1.82, 2.24) is 4.98 Å². The summed E-state index contributed by atoms with van der Waals surface area (Å²) in [4.78, 5) is 3.81. The van der Waals surface area contributed by atoms with Crippen molar-refractivity contribution in [2.24, 2.45) is 0 Å². The van der Waals surface area contributed by atoms with Crippen molar-refractivity contribution in [2.75, 3.05) is 25.6 Å². The van der Waals surface area contributed by atoms with E-state index in [4.69, 9.17) is 16.3 Å². The summed E-state index contributed by atoms with van der Waals surface area (Å²) < 4.78 is 42.5. The standard InChI is InChI=1S/C12H16ClF3N2O/c1-19-6-4-2-3-5-17-11-8-9(12(14,15)16)7-10(13)18-11/h7-8H,2-6H2,1H3,(H,17,18). The topological polar surface area (TPSA) is 34.1 Å². The molecule has 0 atom stereocenters. The third-order valence-electron chi connectivity index (χ3n) is 2.45. The Morgan fingerprint density at radius 2 is 2.00 bits per heavy atom. The van der Waals surface area contributed by atoms with Gasteiger partial charge in [-0.25, -0.2) is 4.98 Å². The third-order valence-corrected chi connectivity index (χ3v) is 2.65. The van der Waals surface area contributed by atoms with Gasteiger partial charge in [-0.3, -0.25) is 0 Å². The number of pyridine rings is 1. The van der Waals surface area contributed by atoms with Gasteiger partial charge in [0.2, 0.25) is 0 Å². The zero-order chi connectivity index (χ0) is 14.3. The predicted molar refractivity (Wildman–Crippen MR) is 68.5 cm³/mol. The third kappa shape index (κ3) is 6.11. The van der Waals surface area contributed by atoms with Crippen molar-refractivity contribution < 1.29 is 17.9 Å². The van der Waals surface area contributed by atoms with Crippen molar-refractivity contribution in [2.45, 2.75) is 25.4 Å². The van der Waals surface area contributed by atoms with E-state index in [9.17, 15) is 13.2 Å². The first-order valence-electron chi connectivity index (χ1n) is 5.91. The van der Waals surface area contributed by atoms with Crippen LogP contribution in [-0.2, 0) is 10.9 Å². The van der Waals surface area contributed by atoms with Gasteiger partial charge in [-0.15, -0.1) is 0 Å².